The molecule has 0 aliphatic rings. The van der Waals surface area contributed by atoms with E-state index in [1.165, 1.54) is 0 Å². The number of aromatic nitrogens is 2. The molecule has 0 saturated heterocycles. The van der Waals surface area contributed by atoms with Crippen molar-refractivity contribution < 1.29 is 9.47 Å². The number of nitrogens with zero attached hydrogens (tertiary/aromatic N) is 2. The third kappa shape index (κ3) is 3.04. The fourth-order valence-corrected chi connectivity index (χ4v) is 1.87. The molecule has 3 N–H and O–H groups in total. The van der Waals surface area contributed by atoms with Crippen LogP contribution < -0.4 is 20.7 Å². The maximum atomic E-state index is 5.65. The van der Waals surface area contributed by atoms with Gasteiger partial charge in [-0.1, -0.05) is 0 Å². The molecular weight excluding hydrogens is 256 g/mol. The number of nitrogens with two attached hydrogens (primary N) is 1. The van der Waals surface area contributed by atoms with Gasteiger partial charge in [0.1, 0.15) is 17.5 Å². The quantitative estimate of drug-likeness (QED) is 0.632. The summed E-state index contributed by atoms with van der Waals surface area (Å²) in [4.78, 5) is 8.60. The van der Waals surface area contributed by atoms with Gasteiger partial charge in [0, 0.05) is 18.5 Å². The van der Waals surface area contributed by atoms with Gasteiger partial charge >= 0.3 is 0 Å². The minimum Gasteiger partial charge on any atom is -0.497 e. The van der Waals surface area contributed by atoms with Crippen LogP contribution in [-0.2, 0) is 0 Å². The summed E-state index contributed by atoms with van der Waals surface area (Å²) in [5.74, 6) is 7.61. The summed E-state index contributed by atoms with van der Waals surface area (Å²) in [5, 5.41) is 0. The lowest BCUT2D eigenvalue weighted by Crippen LogP contribution is -2.30. The van der Waals surface area contributed by atoms with E-state index in [2.05, 4.69) is 15.4 Å². The highest BCUT2D eigenvalue weighted by molar-refractivity contribution is 5.41. The van der Waals surface area contributed by atoms with E-state index in [1.807, 2.05) is 19.1 Å². The van der Waals surface area contributed by atoms with Crippen molar-refractivity contribution >= 4 is 0 Å². The normalized spacial score (nSPS) is 12.0. The van der Waals surface area contributed by atoms with E-state index in [0.29, 0.717) is 17.3 Å². The average molecular weight is 274 g/mol. The molecule has 0 fully saturated rings. The molecule has 2 aromatic rings. The van der Waals surface area contributed by atoms with Crippen LogP contribution in [0.5, 0.6) is 11.5 Å². The van der Waals surface area contributed by atoms with E-state index >= 15 is 0 Å². The first-order valence-electron chi connectivity index (χ1n) is 6.15. The number of rotatable bonds is 5. The first kappa shape index (κ1) is 14.2. The first-order chi connectivity index (χ1) is 9.67. The summed E-state index contributed by atoms with van der Waals surface area (Å²) in [6.45, 7) is 1.93. The summed E-state index contributed by atoms with van der Waals surface area (Å²) in [5.41, 5.74) is 4.58. The van der Waals surface area contributed by atoms with Crippen LogP contribution in [0, 0.1) is 6.92 Å². The summed E-state index contributed by atoms with van der Waals surface area (Å²) in [6.07, 6.45) is 3.51. The van der Waals surface area contributed by atoms with Gasteiger partial charge < -0.3 is 9.47 Å². The Kier molecular flexibility index (Phi) is 4.49. The van der Waals surface area contributed by atoms with Crippen molar-refractivity contribution in [1.82, 2.24) is 15.4 Å². The largest absolute Gasteiger partial charge is 0.497 e. The van der Waals surface area contributed by atoms with Gasteiger partial charge in [-0.25, -0.2) is 15.4 Å². The van der Waals surface area contributed by atoms with E-state index in [-0.39, 0.29) is 6.04 Å². The second-order valence-electron chi connectivity index (χ2n) is 4.36. The van der Waals surface area contributed by atoms with Gasteiger partial charge in [-0.15, -0.1) is 0 Å². The van der Waals surface area contributed by atoms with Crippen molar-refractivity contribution in [2.75, 3.05) is 14.2 Å². The highest BCUT2D eigenvalue weighted by atomic mass is 16.5. The number of methoxy groups -OCH3 is 2. The minimum atomic E-state index is -0.334. The molecular formula is C14H18N4O2. The summed E-state index contributed by atoms with van der Waals surface area (Å²) >= 11 is 0. The van der Waals surface area contributed by atoms with Crippen molar-refractivity contribution in [3.8, 4) is 11.5 Å². The topological polar surface area (TPSA) is 82.3 Å². The molecule has 2 rings (SSSR count). The van der Waals surface area contributed by atoms with Gasteiger partial charge in [-0.3, -0.25) is 5.84 Å². The fourth-order valence-electron chi connectivity index (χ4n) is 1.87. The zero-order chi connectivity index (χ0) is 14.5. The predicted octanol–water partition coefficient (Wildman–Crippen LogP) is 1.35. The smallest absolute Gasteiger partial charge is 0.150 e. The Labute approximate surface area is 117 Å². The second-order valence-corrected chi connectivity index (χ2v) is 4.36. The van der Waals surface area contributed by atoms with Crippen LogP contribution in [0.4, 0.5) is 0 Å². The summed E-state index contributed by atoms with van der Waals surface area (Å²) in [7, 11) is 3.21. The Morgan fingerprint density at radius 1 is 1.05 bits per heavy atom. The van der Waals surface area contributed by atoms with Crippen molar-refractivity contribution in [1.29, 1.82) is 0 Å². The molecule has 0 amide bonds. The van der Waals surface area contributed by atoms with Crippen LogP contribution in [0.1, 0.15) is 23.0 Å². The molecule has 0 saturated carbocycles. The Balaban J connectivity index is 2.42. The van der Waals surface area contributed by atoms with Gasteiger partial charge in [0.2, 0.25) is 0 Å². The molecule has 0 radical (unpaired) electrons. The average Bonchev–Trinajstić information content (AvgIpc) is 2.49. The van der Waals surface area contributed by atoms with Crippen LogP contribution in [0.3, 0.4) is 0 Å². The maximum Gasteiger partial charge on any atom is 0.150 e. The van der Waals surface area contributed by atoms with Crippen molar-refractivity contribution in [2.45, 2.75) is 13.0 Å². The molecule has 1 heterocycles. The summed E-state index contributed by atoms with van der Waals surface area (Å²) in [6, 6.07) is 5.21. The van der Waals surface area contributed by atoms with E-state index in [9.17, 15) is 0 Å². The minimum absolute atomic E-state index is 0.334. The van der Waals surface area contributed by atoms with Gasteiger partial charge in [0.05, 0.1) is 14.2 Å². The summed E-state index contributed by atoms with van der Waals surface area (Å²) < 4.78 is 10.5. The zero-order valence-electron chi connectivity index (χ0n) is 11.8. The van der Waals surface area contributed by atoms with Crippen molar-refractivity contribution in [3.63, 3.8) is 0 Å². The molecule has 1 atom stereocenters. The van der Waals surface area contributed by atoms with E-state index in [0.717, 1.165) is 11.1 Å². The molecule has 0 spiro atoms. The number of benzene rings is 1. The lowest BCUT2D eigenvalue weighted by Gasteiger charge is -2.17. The molecule has 0 aliphatic heterocycles. The first-order valence-corrected chi connectivity index (χ1v) is 6.15. The van der Waals surface area contributed by atoms with Crippen molar-refractivity contribution in [2.24, 2.45) is 5.84 Å². The molecule has 0 bridgehead atoms. The number of hydrogen-bond acceptors (Lipinski definition) is 6. The third-order valence-corrected chi connectivity index (χ3v) is 2.93. The van der Waals surface area contributed by atoms with Crippen molar-refractivity contribution in [3.05, 3.63) is 47.5 Å². The van der Waals surface area contributed by atoms with E-state index in [1.54, 1.807) is 32.7 Å². The Bertz CT molecular complexity index is 550. The number of ether oxygens (including phenoxy) is 2. The monoisotopic (exact) mass is 274 g/mol. The van der Waals surface area contributed by atoms with Crippen LogP contribution in [0.15, 0.2) is 30.6 Å². The molecule has 106 valence electrons. The Morgan fingerprint density at radius 3 is 2.05 bits per heavy atom. The zero-order valence-corrected chi connectivity index (χ0v) is 11.8. The van der Waals surface area contributed by atoms with Gasteiger partial charge in [-0.05, 0) is 30.2 Å². The molecule has 1 aromatic carbocycles. The lowest BCUT2D eigenvalue weighted by molar-refractivity contribution is 0.392. The third-order valence-electron chi connectivity index (χ3n) is 2.93. The number of nitrogens with one attached hydrogen (secondary N) is 1. The molecule has 6 nitrogen and oxygen atoms in total. The van der Waals surface area contributed by atoms with E-state index < -0.39 is 0 Å². The molecule has 0 aliphatic carbocycles. The van der Waals surface area contributed by atoms with Gasteiger partial charge in [0.15, 0.2) is 5.82 Å². The van der Waals surface area contributed by atoms with Crippen LogP contribution in [0.25, 0.3) is 0 Å². The lowest BCUT2D eigenvalue weighted by atomic mass is 10.1. The molecule has 1 aromatic heterocycles. The Morgan fingerprint density at radius 2 is 1.60 bits per heavy atom. The molecule has 1 unspecified atom stereocenters. The van der Waals surface area contributed by atoms with Gasteiger partial charge in [-0.2, -0.15) is 0 Å². The number of hydrogen-bond donors (Lipinski definition) is 2. The second kappa shape index (κ2) is 6.31. The maximum absolute atomic E-state index is 5.65. The van der Waals surface area contributed by atoms with E-state index in [4.69, 9.17) is 15.3 Å². The standard InChI is InChI=1S/C14H18N4O2/c1-9-7-16-14(17-8-9)13(18-15)10-4-11(19-2)6-12(5-10)20-3/h4-8,13,18H,15H2,1-3H3. The number of aryl methyl sites for hydroxylation is 1. The fraction of sp³-hybridized carbons (Fsp3) is 0.286. The highest BCUT2D eigenvalue weighted by Gasteiger charge is 2.17. The Hall–Kier alpha value is -2.18. The predicted molar refractivity (Wildman–Crippen MR) is 75.5 cm³/mol. The highest BCUT2D eigenvalue weighted by Crippen LogP contribution is 2.28. The molecule has 6 heteroatoms. The SMILES string of the molecule is COc1cc(OC)cc(C(NN)c2ncc(C)cn2)c1. The molecule has 20 heavy (non-hydrogen) atoms. The number of hydrazine groups is 1. The van der Waals surface area contributed by atoms with Gasteiger partial charge in [0.25, 0.3) is 0 Å². The van der Waals surface area contributed by atoms with Crippen LogP contribution in [-0.4, -0.2) is 24.2 Å². The van der Waals surface area contributed by atoms with Crippen LogP contribution >= 0.6 is 0 Å². The van der Waals surface area contributed by atoms with Crippen LogP contribution in [0.2, 0.25) is 0 Å².